The third kappa shape index (κ3) is 2.48. The molecule has 0 saturated heterocycles. The maximum Gasteiger partial charge on any atom is 0.0581 e. The first kappa shape index (κ1) is 10.0. The van der Waals surface area contributed by atoms with Gasteiger partial charge in [-0.15, -0.1) is 0 Å². The molecule has 0 heterocycles. The number of hydrogen-bond donors (Lipinski definition) is 0. The molecule has 1 aliphatic carbocycles. The Balaban J connectivity index is 2.35. The predicted octanol–water partition coefficient (Wildman–Crippen LogP) is 3.24. The fourth-order valence-corrected chi connectivity index (χ4v) is 2.40. The summed E-state index contributed by atoms with van der Waals surface area (Å²) in [5.74, 6) is 1.69. The van der Waals surface area contributed by atoms with Crippen LogP contribution >= 0.6 is 0 Å². The van der Waals surface area contributed by atoms with E-state index in [9.17, 15) is 0 Å². The van der Waals surface area contributed by atoms with Crippen molar-refractivity contribution in [3.63, 3.8) is 0 Å². The molecule has 0 radical (unpaired) electrons. The van der Waals surface area contributed by atoms with E-state index in [1.807, 2.05) is 0 Å². The van der Waals surface area contributed by atoms with E-state index < -0.39 is 0 Å². The van der Waals surface area contributed by atoms with Gasteiger partial charge in [-0.25, -0.2) is 0 Å². The Morgan fingerprint density at radius 3 is 2.25 bits per heavy atom. The molecule has 0 N–H and O–H groups in total. The molecule has 3 atom stereocenters. The normalized spacial score (nSPS) is 32.8. The first-order chi connectivity index (χ1) is 5.61. The van der Waals surface area contributed by atoms with Crippen molar-refractivity contribution in [3.8, 4) is 0 Å². The molecule has 1 nitrogen and oxygen atoms in total. The predicted molar refractivity (Wildman–Crippen MR) is 52.2 cm³/mol. The van der Waals surface area contributed by atoms with Gasteiger partial charge < -0.3 is 4.74 Å². The maximum atomic E-state index is 5.80. The van der Waals surface area contributed by atoms with Crippen LogP contribution in [0.1, 0.15) is 47.0 Å². The van der Waals surface area contributed by atoms with Crippen molar-refractivity contribution >= 4 is 0 Å². The van der Waals surface area contributed by atoms with Crippen molar-refractivity contribution in [2.45, 2.75) is 59.2 Å². The lowest BCUT2D eigenvalue weighted by molar-refractivity contribution is -0.0228. The minimum absolute atomic E-state index is 0.382. The summed E-state index contributed by atoms with van der Waals surface area (Å²) in [6, 6.07) is 0. The van der Waals surface area contributed by atoms with E-state index in [4.69, 9.17) is 4.74 Å². The third-order valence-corrected chi connectivity index (χ3v) is 3.02. The molecule has 1 rings (SSSR count). The van der Waals surface area contributed by atoms with Crippen LogP contribution in [0.3, 0.4) is 0 Å². The fourth-order valence-electron chi connectivity index (χ4n) is 2.40. The number of ether oxygens (including phenoxy) is 1. The SMILES string of the molecule is CC(C)OC(C)[C@@H]1CCCC1C. The molecule has 0 aromatic rings. The lowest BCUT2D eigenvalue weighted by atomic mass is 9.93. The van der Waals surface area contributed by atoms with Crippen LogP contribution < -0.4 is 0 Å². The molecular formula is C11H22O. The molecule has 1 aliphatic rings. The van der Waals surface area contributed by atoms with Gasteiger partial charge in [0.25, 0.3) is 0 Å². The highest BCUT2D eigenvalue weighted by Crippen LogP contribution is 2.34. The number of rotatable bonds is 3. The second-order valence-electron chi connectivity index (χ2n) is 4.46. The molecular weight excluding hydrogens is 148 g/mol. The Bertz CT molecular complexity index is 131. The minimum atomic E-state index is 0.382. The van der Waals surface area contributed by atoms with Crippen LogP contribution in [-0.2, 0) is 4.74 Å². The molecule has 2 unspecified atom stereocenters. The Labute approximate surface area is 76.5 Å². The molecule has 0 aliphatic heterocycles. The zero-order valence-corrected chi connectivity index (χ0v) is 8.84. The quantitative estimate of drug-likeness (QED) is 0.632. The van der Waals surface area contributed by atoms with Gasteiger partial charge in [0, 0.05) is 0 Å². The molecule has 1 heteroatoms. The van der Waals surface area contributed by atoms with E-state index >= 15 is 0 Å². The molecule has 1 fully saturated rings. The van der Waals surface area contributed by atoms with Crippen molar-refractivity contribution in [3.05, 3.63) is 0 Å². The average molecular weight is 170 g/mol. The topological polar surface area (TPSA) is 9.23 Å². The van der Waals surface area contributed by atoms with Crippen LogP contribution in [0.2, 0.25) is 0 Å². The van der Waals surface area contributed by atoms with Crippen LogP contribution in [0.25, 0.3) is 0 Å². The monoisotopic (exact) mass is 170 g/mol. The molecule has 0 bridgehead atoms. The van der Waals surface area contributed by atoms with Crippen molar-refractivity contribution in [1.29, 1.82) is 0 Å². The summed E-state index contributed by atoms with van der Waals surface area (Å²) < 4.78 is 5.80. The summed E-state index contributed by atoms with van der Waals surface area (Å²) in [6.45, 7) is 8.83. The standard InChI is InChI=1S/C11H22O/c1-8(2)12-10(4)11-7-5-6-9(11)3/h8-11H,5-7H2,1-4H3/t9?,10?,11-/m1/s1. The van der Waals surface area contributed by atoms with Crippen LogP contribution in [0.15, 0.2) is 0 Å². The van der Waals surface area contributed by atoms with Gasteiger partial charge >= 0.3 is 0 Å². The van der Waals surface area contributed by atoms with Crippen molar-refractivity contribution in [2.24, 2.45) is 11.8 Å². The minimum Gasteiger partial charge on any atom is -0.376 e. The average Bonchev–Trinajstić information content (AvgIpc) is 2.33. The van der Waals surface area contributed by atoms with E-state index in [0.29, 0.717) is 12.2 Å². The first-order valence-electron chi connectivity index (χ1n) is 5.26. The Kier molecular flexibility index (Phi) is 3.57. The summed E-state index contributed by atoms with van der Waals surface area (Å²) in [5.41, 5.74) is 0. The molecule has 12 heavy (non-hydrogen) atoms. The van der Waals surface area contributed by atoms with Gasteiger partial charge in [-0.1, -0.05) is 19.8 Å². The van der Waals surface area contributed by atoms with E-state index in [0.717, 1.165) is 11.8 Å². The highest BCUT2D eigenvalue weighted by atomic mass is 16.5. The van der Waals surface area contributed by atoms with Gasteiger partial charge in [0.1, 0.15) is 0 Å². The Morgan fingerprint density at radius 2 is 1.83 bits per heavy atom. The lowest BCUT2D eigenvalue weighted by Gasteiger charge is -2.25. The second-order valence-corrected chi connectivity index (χ2v) is 4.46. The molecule has 0 spiro atoms. The molecule has 0 amide bonds. The molecule has 1 saturated carbocycles. The van der Waals surface area contributed by atoms with Gasteiger partial charge in [-0.3, -0.25) is 0 Å². The summed E-state index contributed by atoms with van der Waals surface area (Å²) >= 11 is 0. The zero-order valence-electron chi connectivity index (χ0n) is 8.84. The molecule has 72 valence electrons. The van der Waals surface area contributed by atoms with Gasteiger partial charge in [0.05, 0.1) is 12.2 Å². The number of hydrogen-bond acceptors (Lipinski definition) is 1. The van der Waals surface area contributed by atoms with Crippen LogP contribution in [0.5, 0.6) is 0 Å². The highest BCUT2D eigenvalue weighted by Gasteiger charge is 2.28. The van der Waals surface area contributed by atoms with Crippen LogP contribution in [-0.4, -0.2) is 12.2 Å². The largest absolute Gasteiger partial charge is 0.376 e. The maximum absolute atomic E-state index is 5.80. The van der Waals surface area contributed by atoms with E-state index in [1.165, 1.54) is 19.3 Å². The Morgan fingerprint density at radius 1 is 1.17 bits per heavy atom. The Hall–Kier alpha value is -0.0400. The van der Waals surface area contributed by atoms with Gasteiger partial charge in [0.2, 0.25) is 0 Å². The third-order valence-electron chi connectivity index (χ3n) is 3.02. The van der Waals surface area contributed by atoms with E-state index in [-0.39, 0.29) is 0 Å². The summed E-state index contributed by atoms with van der Waals surface area (Å²) in [6.07, 6.45) is 5.01. The van der Waals surface area contributed by atoms with E-state index in [1.54, 1.807) is 0 Å². The van der Waals surface area contributed by atoms with Gasteiger partial charge in [-0.2, -0.15) is 0 Å². The first-order valence-corrected chi connectivity index (χ1v) is 5.26. The zero-order chi connectivity index (χ0) is 9.14. The molecule has 0 aromatic heterocycles. The van der Waals surface area contributed by atoms with Crippen molar-refractivity contribution in [2.75, 3.05) is 0 Å². The van der Waals surface area contributed by atoms with E-state index in [2.05, 4.69) is 27.7 Å². The smallest absolute Gasteiger partial charge is 0.0581 e. The second kappa shape index (κ2) is 4.27. The summed E-state index contributed by atoms with van der Waals surface area (Å²) in [5, 5.41) is 0. The van der Waals surface area contributed by atoms with Gasteiger partial charge in [-0.05, 0) is 39.0 Å². The van der Waals surface area contributed by atoms with Crippen molar-refractivity contribution in [1.82, 2.24) is 0 Å². The lowest BCUT2D eigenvalue weighted by Crippen LogP contribution is -2.25. The van der Waals surface area contributed by atoms with Crippen LogP contribution in [0, 0.1) is 11.8 Å². The van der Waals surface area contributed by atoms with Crippen LogP contribution in [0.4, 0.5) is 0 Å². The van der Waals surface area contributed by atoms with Crippen molar-refractivity contribution < 1.29 is 4.74 Å². The highest BCUT2D eigenvalue weighted by molar-refractivity contribution is 4.79. The fraction of sp³-hybridized carbons (Fsp3) is 1.00. The van der Waals surface area contributed by atoms with Gasteiger partial charge in [0.15, 0.2) is 0 Å². The molecule has 0 aromatic carbocycles. The summed E-state index contributed by atoms with van der Waals surface area (Å²) in [7, 11) is 0. The summed E-state index contributed by atoms with van der Waals surface area (Å²) in [4.78, 5) is 0.